The van der Waals surface area contributed by atoms with Crippen LogP contribution in [-0.4, -0.2) is 50.5 Å². The Labute approximate surface area is 172 Å². The highest BCUT2D eigenvalue weighted by Gasteiger charge is 2.34. The van der Waals surface area contributed by atoms with Crippen LogP contribution in [0.5, 0.6) is 0 Å². The van der Waals surface area contributed by atoms with Gasteiger partial charge in [-0.15, -0.1) is 0 Å². The number of rotatable bonds is 5. The van der Waals surface area contributed by atoms with Crippen LogP contribution in [0, 0.1) is 5.82 Å². The van der Waals surface area contributed by atoms with E-state index in [0.29, 0.717) is 17.0 Å². The zero-order valence-corrected chi connectivity index (χ0v) is 16.7. The van der Waals surface area contributed by atoms with Crippen LogP contribution in [0.1, 0.15) is 42.2 Å². The molecule has 3 aromatic rings. The van der Waals surface area contributed by atoms with Gasteiger partial charge < -0.3 is 15.3 Å². The number of halogens is 2. The summed E-state index contributed by atoms with van der Waals surface area (Å²) < 4.78 is 29.5. The fraction of sp³-hybridized carbons (Fsp3) is 0.381. The molecule has 1 saturated heterocycles. The van der Waals surface area contributed by atoms with Gasteiger partial charge >= 0.3 is 0 Å². The minimum Gasteiger partial charge on any atom is -0.389 e. The first-order chi connectivity index (χ1) is 14.2. The summed E-state index contributed by atoms with van der Waals surface area (Å²) >= 11 is 0. The Morgan fingerprint density at radius 1 is 1.37 bits per heavy atom. The quantitative estimate of drug-likeness (QED) is 0.670. The lowest BCUT2D eigenvalue weighted by molar-refractivity contribution is 0.0695. The van der Waals surface area contributed by atoms with Crippen LogP contribution in [0.3, 0.4) is 0 Å². The Morgan fingerprint density at radius 2 is 2.17 bits per heavy atom. The predicted molar refractivity (Wildman–Crippen MR) is 108 cm³/mol. The maximum atomic E-state index is 14.3. The Hall–Kier alpha value is -3.07. The van der Waals surface area contributed by atoms with Crippen LogP contribution in [0.25, 0.3) is 5.65 Å². The van der Waals surface area contributed by atoms with Crippen molar-refractivity contribution in [2.75, 3.05) is 18.0 Å². The van der Waals surface area contributed by atoms with Crippen LogP contribution in [0.4, 0.5) is 14.6 Å². The second-order valence-electron chi connectivity index (χ2n) is 8.16. The van der Waals surface area contributed by atoms with Crippen molar-refractivity contribution < 1.29 is 18.7 Å². The van der Waals surface area contributed by atoms with Crippen LogP contribution in [0.15, 0.2) is 42.7 Å². The smallest absolute Gasteiger partial charge is 0.256 e. The third-order valence-electron chi connectivity index (χ3n) is 5.06. The number of hydrogen-bond acceptors (Lipinski definition) is 5. The summed E-state index contributed by atoms with van der Waals surface area (Å²) in [7, 11) is 0. The highest BCUT2D eigenvalue weighted by Crippen LogP contribution is 2.37. The van der Waals surface area contributed by atoms with Crippen LogP contribution < -0.4 is 10.2 Å². The number of fused-ring (bicyclic) bond motifs is 1. The van der Waals surface area contributed by atoms with Crippen molar-refractivity contribution >= 4 is 17.4 Å². The van der Waals surface area contributed by atoms with E-state index >= 15 is 0 Å². The number of alkyl halides is 1. The summed E-state index contributed by atoms with van der Waals surface area (Å²) in [6.45, 7) is 3.37. The lowest BCUT2D eigenvalue weighted by Gasteiger charge is -2.25. The van der Waals surface area contributed by atoms with Gasteiger partial charge in [-0.1, -0.05) is 12.1 Å². The molecule has 9 heteroatoms. The molecule has 0 unspecified atom stereocenters. The summed E-state index contributed by atoms with van der Waals surface area (Å²) in [6, 6.07) is 7.47. The van der Waals surface area contributed by atoms with Gasteiger partial charge in [0.05, 0.1) is 24.4 Å². The van der Waals surface area contributed by atoms with Gasteiger partial charge in [-0.3, -0.25) is 4.79 Å². The van der Waals surface area contributed by atoms with E-state index in [9.17, 15) is 18.7 Å². The topological polar surface area (TPSA) is 82.8 Å². The average molecular weight is 415 g/mol. The molecule has 7 nitrogen and oxygen atoms in total. The van der Waals surface area contributed by atoms with E-state index in [1.807, 2.05) is 0 Å². The fourth-order valence-electron chi connectivity index (χ4n) is 3.64. The van der Waals surface area contributed by atoms with Gasteiger partial charge in [0.15, 0.2) is 5.65 Å². The van der Waals surface area contributed by atoms with Crippen molar-refractivity contribution in [2.45, 2.75) is 38.1 Å². The third kappa shape index (κ3) is 4.11. The summed E-state index contributed by atoms with van der Waals surface area (Å²) in [6.07, 6.45) is 2.21. The van der Waals surface area contributed by atoms with E-state index in [0.717, 1.165) is 0 Å². The zero-order valence-electron chi connectivity index (χ0n) is 16.7. The average Bonchev–Trinajstić information content (AvgIpc) is 3.28. The summed E-state index contributed by atoms with van der Waals surface area (Å²) in [5.74, 6) is -0.308. The molecule has 0 bridgehead atoms. The molecular formula is C21H23F2N5O2. The first-order valence-corrected chi connectivity index (χ1v) is 9.72. The summed E-state index contributed by atoms with van der Waals surface area (Å²) in [5, 5.41) is 16.6. The Balaban J connectivity index is 1.66. The molecule has 0 spiro atoms. The molecule has 1 aromatic carbocycles. The largest absolute Gasteiger partial charge is 0.389 e. The van der Waals surface area contributed by atoms with Crippen molar-refractivity contribution in [3.05, 3.63) is 59.7 Å². The number of nitrogens with zero attached hydrogens (tertiary/aromatic N) is 4. The molecule has 0 radical (unpaired) electrons. The predicted octanol–water partition coefficient (Wildman–Crippen LogP) is 2.66. The van der Waals surface area contributed by atoms with Crippen molar-refractivity contribution in [3.63, 3.8) is 0 Å². The Kier molecular flexibility index (Phi) is 5.15. The lowest BCUT2D eigenvalue weighted by atomic mass is 10.0. The molecule has 2 atom stereocenters. The molecule has 1 fully saturated rings. The summed E-state index contributed by atoms with van der Waals surface area (Å²) in [4.78, 5) is 18.9. The highest BCUT2D eigenvalue weighted by molar-refractivity contribution is 5.99. The number of aliphatic hydroxyl groups is 1. The molecule has 1 aliphatic rings. The Bertz CT molecular complexity index is 1080. The van der Waals surface area contributed by atoms with Gasteiger partial charge in [-0.2, -0.15) is 5.10 Å². The molecule has 0 saturated carbocycles. The number of nitrogens with one attached hydrogen (secondary N) is 1. The Morgan fingerprint density at radius 3 is 2.90 bits per heavy atom. The maximum absolute atomic E-state index is 14.3. The third-order valence-corrected chi connectivity index (χ3v) is 5.06. The van der Waals surface area contributed by atoms with Gasteiger partial charge in [0, 0.05) is 19.2 Å². The van der Waals surface area contributed by atoms with E-state index in [4.69, 9.17) is 0 Å². The molecule has 30 heavy (non-hydrogen) atoms. The first kappa shape index (κ1) is 20.2. The molecule has 0 aliphatic carbocycles. The minimum atomic E-state index is -1.07. The fourth-order valence-corrected chi connectivity index (χ4v) is 3.64. The number of carbonyl (C=O) groups is 1. The van der Waals surface area contributed by atoms with Crippen LogP contribution in [0.2, 0.25) is 0 Å². The summed E-state index contributed by atoms with van der Waals surface area (Å²) in [5.41, 5.74) is 0.190. The number of anilines is 1. The standard InChI is InChI=1S/C21H23F2N5O2/c1-21(2,30)12-24-20(29)16-10-25-28-7-6-18(26-19(16)28)27-11-15(23)9-17(27)13-4-3-5-14(22)8-13/h3-8,10,15,17,30H,9,11-12H2,1-2H3,(H,24,29)/t15-,17+/m0/s1. The molecule has 3 heterocycles. The first-order valence-electron chi connectivity index (χ1n) is 9.72. The second kappa shape index (κ2) is 7.64. The number of amides is 1. The van der Waals surface area contributed by atoms with Crippen molar-refractivity contribution in [1.82, 2.24) is 19.9 Å². The SMILES string of the molecule is CC(C)(O)CNC(=O)c1cnn2ccc(N3C[C@@H](F)C[C@@H]3c3cccc(F)c3)nc12. The molecule has 1 aliphatic heterocycles. The van der Waals surface area contributed by atoms with E-state index in [1.165, 1.54) is 22.8 Å². The van der Waals surface area contributed by atoms with Crippen molar-refractivity contribution in [3.8, 4) is 0 Å². The maximum Gasteiger partial charge on any atom is 0.256 e. The van der Waals surface area contributed by atoms with Gasteiger partial charge in [-0.05, 0) is 37.6 Å². The van der Waals surface area contributed by atoms with Gasteiger partial charge in [-0.25, -0.2) is 18.3 Å². The minimum absolute atomic E-state index is 0.0696. The number of aromatic nitrogens is 3. The molecule has 4 rings (SSSR count). The molecule has 2 aromatic heterocycles. The van der Waals surface area contributed by atoms with E-state index in [-0.39, 0.29) is 36.9 Å². The number of benzene rings is 1. The highest BCUT2D eigenvalue weighted by atomic mass is 19.1. The van der Waals surface area contributed by atoms with Gasteiger partial charge in [0.1, 0.15) is 23.4 Å². The van der Waals surface area contributed by atoms with E-state index in [2.05, 4.69) is 15.4 Å². The van der Waals surface area contributed by atoms with E-state index in [1.54, 1.807) is 43.1 Å². The molecule has 2 N–H and O–H groups in total. The number of hydrogen-bond donors (Lipinski definition) is 2. The molecule has 158 valence electrons. The van der Waals surface area contributed by atoms with E-state index < -0.39 is 17.7 Å². The van der Waals surface area contributed by atoms with Crippen LogP contribution >= 0.6 is 0 Å². The monoisotopic (exact) mass is 415 g/mol. The van der Waals surface area contributed by atoms with Gasteiger partial charge in [0.25, 0.3) is 5.91 Å². The van der Waals surface area contributed by atoms with Gasteiger partial charge in [0.2, 0.25) is 0 Å². The lowest BCUT2D eigenvalue weighted by Crippen LogP contribution is -2.38. The second-order valence-corrected chi connectivity index (χ2v) is 8.16. The normalized spacial score (nSPS) is 19.4. The number of carbonyl (C=O) groups excluding carboxylic acids is 1. The van der Waals surface area contributed by atoms with Crippen LogP contribution in [-0.2, 0) is 0 Å². The van der Waals surface area contributed by atoms with Crippen molar-refractivity contribution in [2.24, 2.45) is 0 Å². The van der Waals surface area contributed by atoms with Crippen molar-refractivity contribution in [1.29, 1.82) is 0 Å². The molecule has 1 amide bonds. The molecular weight excluding hydrogens is 392 g/mol. The zero-order chi connectivity index (χ0) is 21.5.